The molecule has 2 N–H and O–H groups in total. The predicted molar refractivity (Wildman–Crippen MR) is 76.4 cm³/mol. The van der Waals surface area contributed by atoms with Crippen molar-refractivity contribution >= 4 is 5.82 Å². The van der Waals surface area contributed by atoms with Crippen LogP contribution in [0.2, 0.25) is 0 Å². The van der Waals surface area contributed by atoms with Gasteiger partial charge in [-0.2, -0.15) is 5.10 Å². The van der Waals surface area contributed by atoms with Crippen LogP contribution >= 0.6 is 0 Å². The zero-order valence-corrected chi connectivity index (χ0v) is 11.4. The molecule has 96 valence electrons. The monoisotopic (exact) mass is 243 g/mol. The second-order valence-electron chi connectivity index (χ2n) is 4.75. The number of hydrogen-bond donors (Lipinski definition) is 1. The summed E-state index contributed by atoms with van der Waals surface area (Å²) in [6.07, 6.45) is 3.31. The molecule has 0 aliphatic rings. The molecule has 0 aliphatic heterocycles. The Bertz CT molecular complexity index is 541. The molecule has 0 fully saturated rings. The van der Waals surface area contributed by atoms with E-state index in [0.29, 0.717) is 0 Å². The Morgan fingerprint density at radius 1 is 1.28 bits per heavy atom. The van der Waals surface area contributed by atoms with Crippen LogP contribution in [0.4, 0.5) is 5.82 Å². The highest BCUT2D eigenvalue weighted by Gasteiger charge is 2.16. The van der Waals surface area contributed by atoms with Gasteiger partial charge in [-0.15, -0.1) is 0 Å². The summed E-state index contributed by atoms with van der Waals surface area (Å²) < 4.78 is 1.78. The van der Waals surface area contributed by atoms with Gasteiger partial charge >= 0.3 is 0 Å². The minimum absolute atomic E-state index is 0.760. The Kier molecular flexibility index (Phi) is 3.70. The third-order valence-electron chi connectivity index (χ3n) is 3.35. The number of nitrogens with zero attached hydrogens (tertiary/aromatic N) is 2. The molecule has 0 aliphatic carbocycles. The average molecular weight is 243 g/mol. The number of nitrogens with two attached hydrogens (primary N) is 1. The number of hydrogen-bond acceptors (Lipinski definition) is 2. The molecule has 0 bridgehead atoms. The van der Waals surface area contributed by atoms with Crippen molar-refractivity contribution in [1.82, 2.24) is 9.78 Å². The van der Waals surface area contributed by atoms with Crippen molar-refractivity contribution in [3.63, 3.8) is 0 Å². The van der Waals surface area contributed by atoms with Gasteiger partial charge in [0, 0.05) is 12.6 Å². The maximum atomic E-state index is 6.18. The molecule has 2 rings (SSSR count). The highest BCUT2D eigenvalue weighted by atomic mass is 15.3. The first-order valence-electron chi connectivity index (χ1n) is 6.52. The molecule has 3 heteroatoms. The molecule has 0 saturated carbocycles. The fourth-order valence-corrected chi connectivity index (χ4v) is 2.26. The molecule has 0 radical (unpaired) electrons. The quantitative estimate of drug-likeness (QED) is 0.895. The zero-order chi connectivity index (χ0) is 13.1. The summed E-state index contributed by atoms with van der Waals surface area (Å²) in [7, 11) is 1.91. The molecule has 0 atom stereocenters. The number of rotatable bonds is 4. The predicted octanol–water partition coefficient (Wildman–Crippen LogP) is 3.32. The van der Waals surface area contributed by atoms with Gasteiger partial charge in [0.25, 0.3) is 0 Å². The van der Waals surface area contributed by atoms with Crippen molar-refractivity contribution in [3.8, 4) is 11.1 Å². The minimum Gasteiger partial charge on any atom is -0.383 e. The maximum absolute atomic E-state index is 6.18. The molecule has 2 aromatic rings. The van der Waals surface area contributed by atoms with Crippen LogP contribution in [0.25, 0.3) is 11.1 Å². The molecule has 0 spiro atoms. The van der Waals surface area contributed by atoms with Gasteiger partial charge in [0.15, 0.2) is 0 Å². The average Bonchev–Trinajstić information content (AvgIpc) is 2.64. The number of anilines is 1. The molecule has 0 amide bonds. The molecule has 3 nitrogen and oxygen atoms in total. The molecule has 1 aromatic carbocycles. The van der Waals surface area contributed by atoms with Crippen molar-refractivity contribution in [2.75, 3.05) is 5.73 Å². The van der Waals surface area contributed by atoms with Gasteiger partial charge in [0.05, 0.1) is 5.69 Å². The van der Waals surface area contributed by atoms with E-state index >= 15 is 0 Å². The van der Waals surface area contributed by atoms with Crippen molar-refractivity contribution in [3.05, 3.63) is 35.5 Å². The third-order valence-corrected chi connectivity index (χ3v) is 3.35. The van der Waals surface area contributed by atoms with E-state index in [4.69, 9.17) is 5.73 Å². The number of aromatic nitrogens is 2. The van der Waals surface area contributed by atoms with Crippen LogP contribution in [0.15, 0.2) is 24.3 Å². The van der Waals surface area contributed by atoms with Crippen molar-refractivity contribution < 1.29 is 0 Å². The molecule has 18 heavy (non-hydrogen) atoms. The standard InChI is InChI=1S/C15H21N3/c1-4-5-10-13-14(15(16)18(3)17-13)12-9-7-6-8-11(12)2/h6-9H,4-5,10,16H2,1-3H3. The number of nitrogen functional groups attached to an aromatic ring is 1. The highest BCUT2D eigenvalue weighted by Crippen LogP contribution is 2.32. The van der Waals surface area contributed by atoms with Gasteiger partial charge in [-0.25, -0.2) is 0 Å². The molecule has 0 unspecified atom stereocenters. The first-order valence-corrected chi connectivity index (χ1v) is 6.52. The molecular formula is C15H21N3. The van der Waals surface area contributed by atoms with Gasteiger partial charge in [-0.05, 0) is 30.9 Å². The molecule has 0 saturated heterocycles. The zero-order valence-electron chi connectivity index (χ0n) is 11.4. The summed E-state index contributed by atoms with van der Waals surface area (Å²) in [5.74, 6) is 0.760. The van der Waals surface area contributed by atoms with Gasteiger partial charge in [0.2, 0.25) is 0 Å². The summed E-state index contributed by atoms with van der Waals surface area (Å²) in [5.41, 5.74) is 10.9. The Morgan fingerprint density at radius 3 is 2.67 bits per heavy atom. The first-order chi connectivity index (χ1) is 8.65. The van der Waals surface area contributed by atoms with Crippen LogP contribution in [0, 0.1) is 6.92 Å². The number of aryl methyl sites for hydroxylation is 3. The van der Waals surface area contributed by atoms with Crippen LogP contribution < -0.4 is 5.73 Å². The van der Waals surface area contributed by atoms with Crippen LogP contribution in [-0.4, -0.2) is 9.78 Å². The smallest absolute Gasteiger partial charge is 0.129 e. The van der Waals surface area contributed by atoms with Crippen molar-refractivity contribution in [2.45, 2.75) is 33.1 Å². The van der Waals surface area contributed by atoms with Crippen molar-refractivity contribution in [2.24, 2.45) is 7.05 Å². The van der Waals surface area contributed by atoms with E-state index in [0.717, 1.165) is 29.9 Å². The van der Waals surface area contributed by atoms with E-state index in [1.54, 1.807) is 4.68 Å². The molecular weight excluding hydrogens is 222 g/mol. The molecule has 1 heterocycles. The first kappa shape index (κ1) is 12.7. The normalized spacial score (nSPS) is 10.8. The second-order valence-corrected chi connectivity index (χ2v) is 4.75. The van der Waals surface area contributed by atoms with E-state index < -0.39 is 0 Å². The van der Waals surface area contributed by atoms with E-state index in [-0.39, 0.29) is 0 Å². The Morgan fingerprint density at radius 2 is 2.00 bits per heavy atom. The lowest BCUT2D eigenvalue weighted by atomic mass is 9.98. The Balaban J connectivity index is 2.52. The Hall–Kier alpha value is -1.77. The summed E-state index contributed by atoms with van der Waals surface area (Å²) in [4.78, 5) is 0. The van der Waals surface area contributed by atoms with E-state index in [9.17, 15) is 0 Å². The summed E-state index contributed by atoms with van der Waals surface area (Å²) in [5, 5.41) is 4.56. The van der Waals surface area contributed by atoms with E-state index in [1.807, 2.05) is 7.05 Å². The van der Waals surface area contributed by atoms with E-state index in [2.05, 4.69) is 43.2 Å². The maximum Gasteiger partial charge on any atom is 0.129 e. The SMILES string of the molecule is CCCCc1nn(C)c(N)c1-c1ccccc1C. The Labute approximate surface area is 109 Å². The largest absolute Gasteiger partial charge is 0.383 e. The van der Waals surface area contributed by atoms with Gasteiger partial charge in [-0.3, -0.25) is 4.68 Å². The van der Waals surface area contributed by atoms with Gasteiger partial charge < -0.3 is 5.73 Å². The lowest BCUT2D eigenvalue weighted by molar-refractivity contribution is 0.718. The number of benzene rings is 1. The third kappa shape index (κ3) is 2.26. The lowest BCUT2D eigenvalue weighted by Crippen LogP contribution is -1.98. The van der Waals surface area contributed by atoms with Crippen LogP contribution in [0.3, 0.4) is 0 Å². The fourth-order valence-electron chi connectivity index (χ4n) is 2.26. The summed E-state index contributed by atoms with van der Waals surface area (Å²) in [6.45, 7) is 4.31. The minimum atomic E-state index is 0.760. The second kappa shape index (κ2) is 5.25. The van der Waals surface area contributed by atoms with Crippen LogP contribution in [0.1, 0.15) is 31.0 Å². The highest BCUT2D eigenvalue weighted by molar-refractivity contribution is 5.78. The topological polar surface area (TPSA) is 43.8 Å². The molecule has 1 aromatic heterocycles. The lowest BCUT2D eigenvalue weighted by Gasteiger charge is -2.07. The van der Waals surface area contributed by atoms with E-state index in [1.165, 1.54) is 17.5 Å². The van der Waals surface area contributed by atoms with Crippen molar-refractivity contribution in [1.29, 1.82) is 0 Å². The van der Waals surface area contributed by atoms with Gasteiger partial charge in [-0.1, -0.05) is 37.6 Å². The summed E-state index contributed by atoms with van der Waals surface area (Å²) in [6, 6.07) is 8.35. The number of unbranched alkanes of at least 4 members (excludes halogenated alkanes) is 1. The van der Waals surface area contributed by atoms with Crippen LogP contribution in [-0.2, 0) is 13.5 Å². The van der Waals surface area contributed by atoms with Gasteiger partial charge in [0.1, 0.15) is 5.82 Å². The fraction of sp³-hybridized carbons (Fsp3) is 0.400. The summed E-state index contributed by atoms with van der Waals surface area (Å²) >= 11 is 0. The van der Waals surface area contributed by atoms with Crippen LogP contribution in [0.5, 0.6) is 0 Å².